The van der Waals surface area contributed by atoms with E-state index in [0.29, 0.717) is 11.5 Å². The molecule has 1 unspecified atom stereocenters. The van der Waals surface area contributed by atoms with Crippen LogP contribution in [0.5, 0.6) is 0 Å². The van der Waals surface area contributed by atoms with E-state index >= 15 is 0 Å². The highest BCUT2D eigenvalue weighted by molar-refractivity contribution is 4.93. The molecule has 0 bridgehead atoms. The summed E-state index contributed by atoms with van der Waals surface area (Å²) in [5.41, 5.74) is 0.677. The minimum Gasteiger partial charge on any atom is -0.379 e. The van der Waals surface area contributed by atoms with Gasteiger partial charge in [0.25, 0.3) is 0 Å². The molecule has 0 aromatic rings. The van der Waals surface area contributed by atoms with Gasteiger partial charge in [0.1, 0.15) is 0 Å². The second kappa shape index (κ2) is 5.28. The van der Waals surface area contributed by atoms with Crippen molar-refractivity contribution in [3.63, 3.8) is 0 Å². The predicted octanol–water partition coefficient (Wildman–Crippen LogP) is 1.14. The van der Waals surface area contributed by atoms with Crippen LogP contribution in [0.1, 0.15) is 32.6 Å². The van der Waals surface area contributed by atoms with E-state index in [9.17, 15) is 0 Å². The topological polar surface area (TPSA) is 33.3 Å². The molecule has 15 heavy (non-hydrogen) atoms. The van der Waals surface area contributed by atoms with Gasteiger partial charge in [0.15, 0.2) is 0 Å². The van der Waals surface area contributed by atoms with E-state index in [1.165, 1.54) is 32.2 Å². The molecular formula is C12H24N2O. The van der Waals surface area contributed by atoms with Gasteiger partial charge in [-0.15, -0.1) is 0 Å². The van der Waals surface area contributed by atoms with Crippen molar-refractivity contribution in [2.24, 2.45) is 5.41 Å². The fraction of sp³-hybridized carbons (Fsp3) is 1.00. The van der Waals surface area contributed by atoms with Gasteiger partial charge >= 0.3 is 0 Å². The number of morpholine rings is 1. The van der Waals surface area contributed by atoms with E-state index in [1.807, 2.05) is 0 Å². The summed E-state index contributed by atoms with van der Waals surface area (Å²) in [4.78, 5) is 0. The van der Waals surface area contributed by atoms with E-state index in [0.717, 1.165) is 26.3 Å². The Hall–Kier alpha value is -0.120. The summed E-state index contributed by atoms with van der Waals surface area (Å²) >= 11 is 0. The van der Waals surface area contributed by atoms with Gasteiger partial charge in [-0.1, -0.05) is 6.92 Å². The Morgan fingerprint density at radius 3 is 2.93 bits per heavy atom. The molecule has 1 aliphatic heterocycles. The van der Waals surface area contributed by atoms with Crippen LogP contribution in [0.25, 0.3) is 0 Å². The second-order valence-electron chi connectivity index (χ2n) is 5.04. The Morgan fingerprint density at radius 1 is 1.47 bits per heavy atom. The molecule has 2 fully saturated rings. The van der Waals surface area contributed by atoms with Crippen molar-refractivity contribution in [2.75, 3.05) is 32.8 Å². The number of nitrogens with one attached hydrogen (secondary N) is 2. The summed E-state index contributed by atoms with van der Waals surface area (Å²) in [6.45, 7) is 7.44. The molecule has 3 nitrogen and oxygen atoms in total. The van der Waals surface area contributed by atoms with Crippen LogP contribution in [0.3, 0.4) is 0 Å². The largest absolute Gasteiger partial charge is 0.379 e. The molecule has 1 saturated carbocycles. The maximum atomic E-state index is 5.42. The highest BCUT2D eigenvalue weighted by atomic mass is 16.5. The summed E-state index contributed by atoms with van der Waals surface area (Å²) in [5, 5.41) is 7.07. The minimum absolute atomic E-state index is 0.572. The Kier molecular flexibility index (Phi) is 4.00. The maximum absolute atomic E-state index is 5.42. The van der Waals surface area contributed by atoms with Crippen molar-refractivity contribution in [1.82, 2.24) is 10.6 Å². The fourth-order valence-electron chi connectivity index (χ4n) is 2.27. The third kappa shape index (κ3) is 3.44. The molecule has 0 aromatic heterocycles. The zero-order chi connectivity index (χ0) is 10.6. The molecule has 0 amide bonds. The fourth-order valence-corrected chi connectivity index (χ4v) is 2.27. The van der Waals surface area contributed by atoms with Gasteiger partial charge in [-0.05, 0) is 37.6 Å². The van der Waals surface area contributed by atoms with E-state index in [1.54, 1.807) is 0 Å². The number of hydrogen-bond donors (Lipinski definition) is 2. The molecule has 0 aromatic carbocycles. The van der Waals surface area contributed by atoms with E-state index in [2.05, 4.69) is 17.6 Å². The number of hydrogen-bond acceptors (Lipinski definition) is 3. The Morgan fingerprint density at radius 2 is 2.33 bits per heavy atom. The third-order valence-corrected chi connectivity index (χ3v) is 3.88. The van der Waals surface area contributed by atoms with Gasteiger partial charge in [0.05, 0.1) is 13.2 Å². The second-order valence-corrected chi connectivity index (χ2v) is 5.04. The molecule has 88 valence electrons. The van der Waals surface area contributed by atoms with Crippen LogP contribution < -0.4 is 10.6 Å². The van der Waals surface area contributed by atoms with E-state index in [-0.39, 0.29) is 0 Å². The first-order valence-electron chi connectivity index (χ1n) is 6.36. The molecule has 1 saturated heterocycles. The van der Waals surface area contributed by atoms with Crippen molar-refractivity contribution < 1.29 is 4.74 Å². The number of ether oxygens (including phenoxy) is 1. The standard InChI is InChI=1S/C12H24N2O/c1-2-12(4-5-12)10-13-6-3-11-9-15-8-7-14-11/h11,13-14H,2-10H2,1H3. The van der Waals surface area contributed by atoms with Gasteiger partial charge in [-0.2, -0.15) is 0 Å². The molecule has 1 aliphatic carbocycles. The molecule has 2 rings (SSSR count). The summed E-state index contributed by atoms with van der Waals surface area (Å²) in [7, 11) is 0. The van der Waals surface area contributed by atoms with Crippen LogP contribution in [-0.4, -0.2) is 38.9 Å². The lowest BCUT2D eigenvalue weighted by Gasteiger charge is -2.24. The predicted molar refractivity (Wildman–Crippen MR) is 62.1 cm³/mol. The average molecular weight is 212 g/mol. The lowest BCUT2D eigenvalue weighted by molar-refractivity contribution is 0.0741. The Labute approximate surface area is 93.0 Å². The van der Waals surface area contributed by atoms with Crippen LogP contribution in [0, 0.1) is 5.41 Å². The quantitative estimate of drug-likeness (QED) is 0.648. The highest BCUT2D eigenvalue weighted by Gasteiger charge is 2.39. The molecular weight excluding hydrogens is 188 g/mol. The zero-order valence-corrected chi connectivity index (χ0v) is 9.85. The summed E-state index contributed by atoms with van der Waals surface area (Å²) < 4.78 is 5.42. The Balaban J connectivity index is 1.51. The smallest absolute Gasteiger partial charge is 0.0620 e. The lowest BCUT2D eigenvalue weighted by Crippen LogP contribution is -2.43. The van der Waals surface area contributed by atoms with Gasteiger partial charge in [0, 0.05) is 19.1 Å². The van der Waals surface area contributed by atoms with Crippen molar-refractivity contribution >= 4 is 0 Å². The Bertz CT molecular complexity index is 186. The van der Waals surface area contributed by atoms with Gasteiger partial charge in [-0.25, -0.2) is 0 Å². The minimum atomic E-state index is 0.572. The van der Waals surface area contributed by atoms with Crippen molar-refractivity contribution in [3.8, 4) is 0 Å². The maximum Gasteiger partial charge on any atom is 0.0620 e. The summed E-state index contributed by atoms with van der Waals surface area (Å²) in [6, 6.07) is 0.572. The van der Waals surface area contributed by atoms with E-state index < -0.39 is 0 Å². The average Bonchev–Trinajstić information content (AvgIpc) is 3.07. The SMILES string of the molecule is CCC1(CNCCC2COCCN2)CC1. The summed E-state index contributed by atoms with van der Waals surface area (Å²) in [5.74, 6) is 0. The lowest BCUT2D eigenvalue weighted by atomic mass is 10.0. The van der Waals surface area contributed by atoms with Crippen molar-refractivity contribution in [3.05, 3.63) is 0 Å². The van der Waals surface area contributed by atoms with Gasteiger partial charge in [-0.3, -0.25) is 0 Å². The molecule has 2 N–H and O–H groups in total. The summed E-state index contributed by atoms with van der Waals surface area (Å²) in [6.07, 6.45) is 5.40. The highest BCUT2D eigenvalue weighted by Crippen LogP contribution is 2.47. The van der Waals surface area contributed by atoms with Crippen LogP contribution in [0.15, 0.2) is 0 Å². The molecule has 3 heteroatoms. The van der Waals surface area contributed by atoms with Crippen LogP contribution in [-0.2, 0) is 4.74 Å². The van der Waals surface area contributed by atoms with Gasteiger partial charge < -0.3 is 15.4 Å². The monoisotopic (exact) mass is 212 g/mol. The van der Waals surface area contributed by atoms with Crippen LogP contribution in [0.4, 0.5) is 0 Å². The van der Waals surface area contributed by atoms with Crippen molar-refractivity contribution in [1.29, 1.82) is 0 Å². The van der Waals surface area contributed by atoms with Crippen LogP contribution in [0.2, 0.25) is 0 Å². The van der Waals surface area contributed by atoms with Gasteiger partial charge in [0.2, 0.25) is 0 Å². The first kappa shape index (κ1) is 11.4. The molecule has 2 aliphatic rings. The first-order chi connectivity index (χ1) is 7.35. The van der Waals surface area contributed by atoms with E-state index in [4.69, 9.17) is 4.74 Å². The van der Waals surface area contributed by atoms with Crippen LogP contribution >= 0.6 is 0 Å². The molecule has 0 radical (unpaired) electrons. The normalized spacial score (nSPS) is 29.0. The molecule has 0 spiro atoms. The molecule has 1 atom stereocenters. The van der Waals surface area contributed by atoms with Crippen molar-refractivity contribution in [2.45, 2.75) is 38.6 Å². The third-order valence-electron chi connectivity index (χ3n) is 3.88. The first-order valence-corrected chi connectivity index (χ1v) is 6.36. The molecule has 1 heterocycles. The number of rotatable bonds is 6. The zero-order valence-electron chi connectivity index (χ0n) is 9.85.